The number of benzene rings is 2. The monoisotopic (exact) mass is 315 g/mol. The van der Waals surface area contributed by atoms with Gasteiger partial charge in [-0.1, -0.05) is 24.3 Å². The molecule has 0 amide bonds. The predicted molar refractivity (Wildman–Crippen MR) is 90.7 cm³/mol. The molecule has 0 radical (unpaired) electrons. The number of aliphatic hydroxyl groups excluding tert-OH is 1. The Morgan fingerprint density at radius 1 is 1.17 bits per heavy atom. The summed E-state index contributed by atoms with van der Waals surface area (Å²) in [4.78, 5) is 3.36. The Labute approximate surface area is 134 Å². The third kappa shape index (κ3) is 3.46. The summed E-state index contributed by atoms with van der Waals surface area (Å²) in [6.45, 7) is 1.74. The summed E-state index contributed by atoms with van der Waals surface area (Å²) in [6, 6.07) is 13.6. The van der Waals surface area contributed by atoms with E-state index in [2.05, 4.69) is 10.3 Å². The molecule has 0 aliphatic heterocycles. The lowest BCUT2D eigenvalue weighted by Gasteiger charge is -2.16. The van der Waals surface area contributed by atoms with Gasteiger partial charge in [0.1, 0.15) is 25.1 Å². The molecule has 0 saturated heterocycles. The first-order chi connectivity index (χ1) is 11.2. The Morgan fingerprint density at radius 2 is 1.96 bits per heavy atom. The van der Waals surface area contributed by atoms with Gasteiger partial charge in [0.15, 0.2) is 0 Å². The zero-order valence-electron chi connectivity index (χ0n) is 13.1. The Hall–Kier alpha value is -2.11. The minimum absolute atomic E-state index is 0.157. The number of aliphatic hydroxyl groups is 1. The fourth-order valence-corrected chi connectivity index (χ4v) is 2.63. The number of aromatic amines is 1. The van der Waals surface area contributed by atoms with Crippen LogP contribution in [0, 0.1) is 0 Å². The van der Waals surface area contributed by atoms with Crippen molar-refractivity contribution in [3.63, 3.8) is 0 Å². The van der Waals surface area contributed by atoms with Gasteiger partial charge in [0, 0.05) is 28.9 Å². The number of H-pyrrole nitrogens is 1. The van der Waals surface area contributed by atoms with E-state index in [9.17, 15) is 9.50 Å². The van der Waals surface area contributed by atoms with E-state index in [4.69, 9.17) is 4.74 Å². The number of hydrogen-bond acceptors (Lipinski definition) is 3. The van der Waals surface area contributed by atoms with Crippen molar-refractivity contribution in [2.75, 3.05) is 19.8 Å². The number of fused-ring (bicyclic) bond motifs is 3. The summed E-state index contributed by atoms with van der Waals surface area (Å²) in [5, 5.41) is 15.0. The number of alkyl halides is 1. The Morgan fingerprint density at radius 3 is 2.78 bits per heavy atom. The zero-order valence-corrected chi connectivity index (χ0v) is 13.1. The Balaban J connectivity index is 1.75. The van der Waals surface area contributed by atoms with Gasteiger partial charge < -0.3 is 20.1 Å². The van der Waals surface area contributed by atoms with Crippen LogP contribution in [0.1, 0.15) is 6.92 Å². The van der Waals surface area contributed by atoms with Gasteiger partial charge in [0.2, 0.25) is 0 Å². The third-order valence-electron chi connectivity index (χ3n) is 3.86. The third-order valence-corrected chi connectivity index (χ3v) is 3.86. The van der Waals surface area contributed by atoms with Crippen LogP contribution in [0.15, 0.2) is 42.5 Å². The molecule has 3 N–H and O–H groups in total. The SMILES string of the molecule is C[C@@H](C[18F])NC[C@H](O)COc1cccc2[nH]c3ccccc3c12. The second-order valence-electron chi connectivity index (χ2n) is 5.78. The van der Waals surface area contributed by atoms with Crippen molar-refractivity contribution in [2.45, 2.75) is 19.1 Å². The molecule has 0 aliphatic carbocycles. The van der Waals surface area contributed by atoms with Crippen molar-refractivity contribution in [3.05, 3.63) is 42.5 Å². The van der Waals surface area contributed by atoms with Crippen molar-refractivity contribution >= 4 is 21.8 Å². The smallest absolute Gasteiger partial charge is 0.129 e. The predicted octanol–water partition coefficient (Wildman–Crippen LogP) is 3.01. The van der Waals surface area contributed by atoms with Crippen LogP contribution in [-0.2, 0) is 0 Å². The van der Waals surface area contributed by atoms with E-state index < -0.39 is 12.8 Å². The molecule has 1 heterocycles. The van der Waals surface area contributed by atoms with Crippen LogP contribution in [0.2, 0.25) is 0 Å². The summed E-state index contributed by atoms with van der Waals surface area (Å²) < 4.78 is 18.2. The maximum atomic E-state index is 12.4. The molecule has 3 aromatic rings. The molecule has 0 fully saturated rings. The van der Waals surface area contributed by atoms with Crippen molar-refractivity contribution < 1.29 is 14.2 Å². The molecule has 2 atom stereocenters. The standard InChI is InChI=1S/C18H21FN2O2/c1-12(9-19)20-10-13(22)11-23-17-8-4-7-16-18(17)14-5-2-3-6-15(14)21-16/h2-8,12-13,20-22H,9-11H2,1H3/t12-,13-/m0/s1/i19-1. The van der Waals surface area contributed by atoms with Crippen LogP contribution in [0.4, 0.5) is 4.39 Å². The highest BCUT2D eigenvalue weighted by molar-refractivity contribution is 6.10. The summed E-state index contributed by atoms with van der Waals surface area (Å²) in [6.07, 6.45) is -0.690. The molecule has 23 heavy (non-hydrogen) atoms. The molecular weight excluding hydrogens is 294 g/mol. The normalized spacial score (nSPS) is 14.2. The van der Waals surface area contributed by atoms with E-state index >= 15 is 0 Å². The number of halogens is 1. The van der Waals surface area contributed by atoms with E-state index in [1.165, 1.54) is 0 Å². The molecule has 3 rings (SSSR count). The van der Waals surface area contributed by atoms with Crippen LogP contribution < -0.4 is 10.1 Å². The van der Waals surface area contributed by atoms with Gasteiger partial charge in [-0.3, -0.25) is 0 Å². The number of para-hydroxylation sites is 1. The van der Waals surface area contributed by atoms with E-state index in [-0.39, 0.29) is 12.6 Å². The van der Waals surface area contributed by atoms with E-state index in [1.54, 1.807) is 6.92 Å². The van der Waals surface area contributed by atoms with Gasteiger partial charge in [-0.05, 0) is 25.1 Å². The fourth-order valence-electron chi connectivity index (χ4n) is 2.63. The average Bonchev–Trinajstić information content (AvgIpc) is 2.96. The lowest BCUT2D eigenvalue weighted by Crippen LogP contribution is -2.37. The van der Waals surface area contributed by atoms with Crippen molar-refractivity contribution in [3.8, 4) is 5.75 Å². The van der Waals surface area contributed by atoms with Crippen LogP contribution >= 0.6 is 0 Å². The molecule has 0 saturated carbocycles. The van der Waals surface area contributed by atoms with Crippen molar-refractivity contribution in [1.82, 2.24) is 10.3 Å². The fraction of sp³-hybridized carbons (Fsp3) is 0.333. The van der Waals surface area contributed by atoms with E-state index in [0.717, 1.165) is 27.6 Å². The first-order valence-corrected chi connectivity index (χ1v) is 7.78. The van der Waals surface area contributed by atoms with Gasteiger partial charge in [-0.15, -0.1) is 0 Å². The number of aromatic nitrogens is 1. The van der Waals surface area contributed by atoms with E-state index in [1.807, 2.05) is 42.5 Å². The highest BCUT2D eigenvalue weighted by Gasteiger charge is 2.12. The number of ether oxygens (including phenoxy) is 1. The van der Waals surface area contributed by atoms with E-state index in [0.29, 0.717) is 6.54 Å². The van der Waals surface area contributed by atoms with Crippen LogP contribution in [-0.4, -0.2) is 42.1 Å². The quantitative estimate of drug-likeness (QED) is 0.628. The Bertz CT molecular complexity index is 787. The molecule has 122 valence electrons. The van der Waals surface area contributed by atoms with Crippen molar-refractivity contribution in [1.29, 1.82) is 0 Å². The highest BCUT2D eigenvalue weighted by Crippen LogP contribution is 2.32. The van der Waals surface area contributed by atoms with Crippen LogP contribution in [0.3, 0.4) is 0 Å². The maximum absolute atomic E-state index is 12.4. The molecule has 4 nitrogen and oxygen atoms in total. The number of nitrogens with one attached hydrogen (secondary N) is 2. The van der Waals surface area contributed by atoms with Gasteiger partial charge in [-0.2, -0.15) is 0 Å². The lowest BCUT2D eigenvalue weighted by molar-refractivity contribution is 0.104. The second-order valence-corrected chi connectivity index (χ2v) is 5.78. The van der Waals surface area contributed by atoms with Crippen molar-refractivity contribution in [2.24, 2.45) is 0 Å². The van der Waals surface area contributed by atoms with Gasteiger partial charge >= 0.3 is 0 Å². The molecular formula is C18H21FN2O2. The van der Waals surface area contributed by atoms with Crippen LogP contribution in [0.25, 0.3) is 21.8 Å². The first kappa shape index (κ1) is 15.8. The van der Waals surface area contributed by atoms with Gasteiger partial charge in [0.25, 0.3) is 0 Å². The molecule has 2 aromatic carbocycles. The first-order valence-electron chi connectivity index (χ1n) is 7.78. The molecule has 0 aliphatic rings. The molecule has 1 aromatic heterocycles. The maximum Gasteiger partial charge on any atom is 0.129 e. The van der Waals surface area contributed by atoms with Gasteiger partial charge in [0.05, 0.1) is 5.52 Å². The number of hydrogen-bond donors (Lipinski definition) is 3. The summed E-state index contributed by atoms with van der Waals surface area (Å²) in [5.41, 5.74) is 2.06. The zero-order chi connectivity index (χ0) is 16.2. The molecule has 0 unspecified atom stereocenters. The molecule has 0 bridgehead atoms. The topological polar surface area (TPSA) is 57.3 Å². The minimum Gasteiger partial charge on any atom is -0.490 e. The molecule has 5 heteroatoms. The Kier molecular flexibility index (Phi) is 4.79. The molecule has 0 spiro atoms. The van der Waals surface area contributed by atoms with Gasteiger partial charge in [-0.25, -0.2) is 4.39 Å². The summed E-state index contributed by atoms with van der Waals surface area (Å²) in [7, 11) is 0. The minimum atomic E-state index is -0.690. The second kappa shape index (κ2) is 6.98. The largest absolute Gasteiger partial charge is 0.490 e. The summed E-state index contributed by atoms with van der Waals surface area (Å²) >= 11 is 0. The average molecular weight is 315 g/mol. The lowest BCUT2D eigenvalue weighted by atomic mass is 10.1. The number of rotatable bonds is 7. The van der Waals surface area contributed by atoms with Crippen LogP contribution in [0.5, 0.6) is 5.75 Å². The summed E-state index contributed by atoms with van der Waals surface area (Å²) in [5.74, 6) is 0.734. The highest BCUT2D eigenvalue weighted by atomic mass is 18.2.